The van der Waals surface area contributed by atoms with E-state index in [4.69, 9.17) is 14.2 Å². The SMILES string of the molecule is CCCCCCCCCCCCCCCCOCC(COC(=O)NC(=O)NCC[N+](C)(C)C)OC.[I-]. The van der Waals surface area contributed by atoms with Gasteiger partial charge in [-0.2, -0.15) is 0 Å². The quantitative estimate of drug-likeness (QED) is 0.103. The number of hydrogen-bond donors (Lipinski definition) is 2. The Morgan fingerprint density at radius 2 is 1.28 bits per heavy atom. The average Bonchev–Trinajstić information content (AvgIpc) is 2.79. The monoisotopic (exact) mass is 629 g/mol. The topological polar surface area (TPSA) is 85.9 Å². The third-order valence-electron chi connectivity index (χ3n) is 5.96. The van der Waals surface area contributed by atoms with Crippen molar-refractivity contribution >= 4 is 12.1 Å². The number of nitrogens with zero attached hydrogens (tertiary/aromatic N) is 1. The highest BCUT2D eigenvalue weighted by atomic mass is 127. The summed E-state index contributed by atoms with van der Waals surface area (Å²) in [6.45, 7) is 4.57. The van der Waals surface area contributed by atoms with Crippen LogP contribution in [0.25, 0.3) is 0 Å². The zero-order chi connectivity index (χ0) is 26.2. The number of unbranched alkanes of at least 4 members (excludes halogenated alkanes) is 13. The van der Waals surface area contributed by atoms with Crippen LogP contribution >= 0.6 is 0 Å². The van der Waals surface area contributed by atoms with E-state index in [-0.39, 0.29) is 36.7 Å². The lowest BCUT2D eigenvalue weighted by Crippen LogP contribution is -3.00. The number of halogens is 1. The van der Waals surface area contributed by atoms with Crippen molar-refractivity contribution in [3.8, 4) is 0 Å². The summed E-state index contributed by atoms with van der Waals surface area (Å²) in [5.74, 6) is 0. The second-order valence-corrected chi connectivity index (χ2v) is 10.5. The summed E-state index contributed by atoms with van der Waals surface area (Å²) < 4.78 is 16.8. The smallest absolute Gasteiger partial charge is 0.415 e. The Balaban J connectivity index is 0. The molecule has 0 fully saturated rings. The van der Waals surface area contributed by atoms with Gasteiger partial charge < -0.3 is 48.0 Å². The van der Waals surface area contributed by atoms with Gasteiger partial charge in [-0.3, -0.25) is 0 Å². The largest absolute Gasteiger partial charge is 1.00 e. The molecular formula is C27H56IN3O5. The second kappa shape index (κ2) is 26.0. The Labute approximate surface area is 238 Å². The van der Waals surface area contributed by atoms with Gasteiger partial charge in [0.2, 0.25) is 0 Å². The number of urea groups is 1. The van der Waals surface area contributed by atoms with E-state index in [2.05, 4.69) is 17.6 Å². The molecule has 0 aromatic rings. The number of hydrogen-bond acceptors (Lipinski definition) is 5. The van der Waals surface area contributed by atoms with E-state index in [9.17, 15) is 9.59 Å². The molecule has 216 valence electrons. The van der Waals surface area contributed by atoms with Crippen LogP contribution in [0.2, 0.25) is 0 Å². The van der Waals surface area contributed by atoms with Gasteiger partial charge in [0.25, 0.3) is 0 Å². The van der Waals surface area contributed by atoms with Crippen LogP contribution < -0.4 is 34.6 Å². The van der Waals surface area contributed by atoms with Gasteiger partial charge in [-0.05, 0) is 6.42 Å². The highest BCUT2D eigenvalue weighted by Crippen LogP contribution is 2.13. The molecule has 0 spiro atoms. The summed E-state index contributed by atoms with van der Waals surface area (Å²) in [4.78, 5) is 23.5. The van der Waals surface area contributed by atoms with Crippen molar-refractivity contribution in [2.45, 2.75) is 103 Å². The molecule has 1 atom stereocenters. The second-order valence-electron chi connectivity index (χ2n) is 10.5. The van der Waals surface area contributed by atoms with Crippen molar-refractivity contribution in [3.63, 3.8) is 0 Å². The maximum Gasteiger partial charge on any atom is 0.415 e. The van der Waals surface area contributed by atoms with Gasteiger partial charge in [-0.25, -0.2) is 14.9 Å². The van der Waals surface area contributed by atoms with Crippen molar-refractivity contribution in [2.24, 2.45) is 0 Å². The molecule has 0 aliphatic carbocycles. The van der Waals surface area contributed by atoms with Crippen LogP contribution in [0.1, 0.15) is 96.8 Å². The summed E-state index contributed by atoms with van der Waals surface area (Å²) in [6.07, 6.45) is 17.5. The molecule has 0 bridgehead atoms. The zero-order valence-electron chi connectivity index (χ0n) is 23.9. The maximum atomic E-state index is 11.8. The molecule has 1 unspecified atom stereocenters. The van der Waals surface area contributed by atoms with Gasteiger partial charge in [0, 0.05) is 13.7 Å². The molecule has 9 heteroatoms. The first kappa shape index (κ1) is 37.5. The molecule has 0 aromatic carbocycles. The first-order chi connectivity index (χ1) is 16.8. The van der Waals surface area contributed by atoms with Crippen molar-refractivity contribution in [1.29, 1.82) is 0 Å². The lowest BCUT2D eigenvalue weighted by atomic mass is 10.0. The van der Waals surface area contributed by atoms with Crippen LogP contribution in [-0.4, -0.2) is 83.9 Å². The van der Waals surface area contributed by atoms with Crippen LogP contribution in [-0.2, 0) is 14.2 Å². The highest BCUT2D eigenvalue weighted by Gasteiger charge is 2.14. The first-order valence-corrected chi connectivity index (χ1v) is 13.9. The summed E-state index contributed by atoms with van der Waals surface area (Å²) in [7, 11) is 7.64. The fourth-order valence-electron chi connectivity index (χ4n) is 3.64. The minimum Gasteiger partial charge on any atom is -1.00 e. The highest BCUT2D eigenvalue weighted by molar-refractivity contribution is 5.90. The van der Waals surface area contributed by atoms with Crippen molar-refractivity contribution in [1.82, 2.24) is 10.6 Å². The van der Waals surface area contributed by atoms with E-state index in [0.29, 0.717) is 19.8 Å². The number of quaternary nitrogens is 1. The van der Waals surface area contributed by atoms with E-state index in [1.54, 1.807) is 7.11 Å². The van der Waals surface area contributed by atoms with E-state index < -0.39 is 12.1 Å². The molecule has 0 saturated heterocycles. The standard InChI is InChI=1S/C27H55N3O5.HI/c1-6-7-8-9-10-11-12-13-14-15-16-17-18-19-22-34-23-25(33-5)24-35-27(32)29-26(31)28-20-21-30(2,3)4;/h25H,6-24H2,1-5H3,(H-,28,29,31,32);1H. The van der Waals surface area contributed by atoms with Crippen LogP contribution in [0, 0.1) is 0 Å². The van der Waals surface area contributed by atoms with Crippen LogP contribution in [0.15, 0.2) is 0 Å². The van der Waals surface area contributed by atoms with E-state index in [0.717, 1.165) is 17.4 Å². The van der Waals surface area contributed by atoms with Gasteiger partial charge in [-0.1, -0.05) is 90.4 Å². The van der Waals surface area contributed by atoms with Gasteiger partial charge in [0.05, 0.1) is 40.8 Å². The fourth-order valence-corrected chi connectivity index (χ4v) is 3.64. The number of carbonyl (C=O) groups excluding carboxylic acids is 2. The van der Waals surface area contributed by atoms with E-state index >= 15 is 0 Å². The molecule has 2 N–H and O–H groups in total. The molecule has 0 radical (unpaired) electrons. The number of amides is 3. The number of methoxy groups -OCH3 is 1. The number of likely N-dealkylation sites (N-methyl/N-ethyl adjacent to an activating group) is 1. The Hall–Kier alpha value is -0.650. The molecule has 8 nitrogen and oxygen atoms in total. The van der Waals surface area contributed by atoms with E-state index in [1.807, 2.05) is 21.1 Å². The molecule has 3 amide bonds. The maximum absolute atomic E-state index is 11.8. The van der Waals surface area contributed by atoms with Crippen LogP contribution in [0.4, 0.5) is 9.59 Å². The normalized spacial score (nSPS) is 12.0. The molecular weight excluding hydrogens is 573 g/mol. The third-order valence-corrected chi connectivity index (χ3v) is 5.96. The summed E-state index contributed by atoms with van der Waals surface area (Å²) >= 11 is 0. The average molecular weight is 630 g/mol. The summed E-state index contributed by atoms with van der Waals surface area (Å²) in [5.41, 5.74) is 0. The Bertz CT molecular complexity index is 518. The van der Waals surface area contributed by atoms with Gasteiger partial charge in [0.15, 0.2) is 0 Å². The lowest BCUT2D eigenvalue weighted by Gasteiger charge is -2.23. The molecule has 0 aliphatic rings. The number of ether oxygens (including phenoxy) is 3. The number of nitrogens with one attached hydrogen (secondary N) is 2. The Morgan fingerprint density at radius 3 is 1.75 bits per heavy atom. The summed E-state index contributed by atoms with van der Waals surface area (Å²) in [6, 6.07) is -0.563. The lowest BCUT2D eigenvalue weighted by molar-refractivity contribution is -0.869. The number of rotatable bonds is 23. The molecule has 0 aromatic heterocycles. The molecule has 0 aliphatic heterocycles. The third kappa shape index (κ3) is 27.9. The Morgan fingerprint density at radius 1 is 0.778 bits per heavy atom. The number of imide groups is 1. The predicted molar refractivity (Wildman–Crippen MR) is 143 cm³/mol. The molecule has 0 rings (SSSR count). The Kier molecular flexibility index (Phi) is 27.1. The van der Waals surface area contributed by atoms with Crippen molar-refractivity contribution < 1.29 is 52.3 Å². The molecule has 0 saturated carbocycles. The van der Waals surface area contributed by atoms with Crippen molar-refractivity contribution in [3.05, 3.63) is 0 Å². The van der Waals surface area contributed by atoms with Gasteiger partial charge in [-0.15, -0.1) is 0 Å². The van der Waals surface area contributed by atoms with Crippen LogP contribution in [0.3, 0.4) is 0 Å². The predicted octanol–water partition coefficient (Wildman–Crippen LogP) is 2.65. The molecule has 36 heavy (non-hydrogen) atoms. The van der Waals surface area contributed by atoms with Gasteiger partial charge in [0.1, 0.15) is 12.7 Å². The number of alkyl carbamates (subject to hydrolysis) is 1. The van der Waals surface area contributed by atoms with Gasteiger partial charge >= 0.3 is 12.1 Å². The van der Waals surface area contributed by atoms with Crippen LogP contribution in [0.5, 0.6) is 0 Å². The van der Waals surface area contributed by atoms with Crippen molar-refractivity contribution in [2.75, 3.05) is 61.2 Å². The number of carbonyl (C=O) groups is 2. The van der Waals surface area contributed by atoms with E-state index in [1.165, 1.54) is 83.5 Å². The fraction of sp³-hybridized carbons (Fsp3) is 0.926. The minimum absolute atomic E-state index is 0. The summed E-state index contributed by atoms with van der Waals surface area (Å²) in [5, 5.41) is 4.79. The first-order valence-electron chi connectivity index (χ1n) is 13.9. The minimum atomic E-state index is -0.790. The molecule has 0 heterocycles. The zero-order valence-corrected chi connectivity index (χ0v) is 26.0.